The van der Waals surface area contributed by atoms with Gasteiger partial charge in [0.2, 0.25) is 15.9 Å². The van der Waals surface area contributed by atoms with Gasteiger partial charge in [-0.05, 0) is 38.0 Å². The third-order valence-corrected chi connectivity index (χ3v) is 7.17. The maximum absolute atomic E-state index is 13.1. The Hall–Kier alpha value is -2.56. The summed E-state index contributed by atoms with van der Waals surface area (Å²) in [6.45, 7) is 2.45. The molecule has 1 aliphatic heterocycles. The molecule has 1 fully saturated rings. The SMILES string of the molecule is COc1ccc(Cl)cc1S(=O)(=O)N1CCC(c2nnc(-c3cnc(C)nc3)o2)CC1. The number of benzene rings is 1. The summed E-state index contributed by atoms with van der Waals surface area (Å²) in [6.07, 6.45) is 4.39. The van der Waals surface area contributed by atoms with E-state index in [0.717, 1.165) is 0 Å². The third kappa shape index (κ3) is 4.03. The van der Waals surface area contributed by atoms with E-state index in [2.05, 4.69) is 20.2 Å². The van der Waals surface area contributed by atoms with Crippen LogP contribution in [0.25, 0.3) is 11.5 Å². The maximum atomic E-state index is 13.1. The highest BCUT2D eigenvalue weighted by Crippen LogP contribution is 2.34. The Bertz CT molecular complexity index is 1140. The van der Waals surface area contributed by atoms with Crippen LogP contribution in [0.4, 0.5) is 0 Å². The molecular weight excluding hydrogens is 430 g/mol. The number of halogens is 1. The minimum absolute atomic E-state index is 0.0228. The zero-order chi connectivity index (χ0) is 21.3. The van der Waals surface area contributed by atoms with E-state index < -0.39 is 10.0 Å². The maximum Gasteiger partial charge on any atom is 0.250 e. The number of aromatic nitrogens is 4. The predicted molar refractivity (Wildman–Crippen MR) is 109 cm³/mol. The fraction of sp³-hybridized carbons (Fsp3) is 0.368. The van der Waals surface area contributed by atoms with Crippen LogP contribution in [-0.4, -0.2) is 53.1 Å². The van der Waals surface area contributed by atoms with E-state index in [1.165, 1.54) is 17.5 Å². The number of sulfonamides is 1. The highest BCUT2D eigenvalue weighted by atomic mass is 35.5. The first-order valence-electron chi connectivity index (χ1n) is 9.34. The van der Waals surface area contributed by atoms with E-state index in [9.17, 15) is 8.42 Å². The molecule has 2 aromatic heterocycles. The second-order valence-electron chi connectivity index (χ2n) is 6.94. The number of hydrogen-bond donors (Lipinski definition) is 0. The highest BCUT2D eigenvalue weighted by molar-refractivity contribution is 7.89. The molecule has 11 heteroatoms. The Morgan fingerprint density at radius 2 is 1.87 bits per heavy atom. The Morgan fingerprint density at radius 3 is 2.53 bits per heavy atom. The molecule has 0 unspecified atom stereocenters. The van der Waals surface area contributed by atoms with Crippen LogP contribution < -0.4 is 4.74 Å². The fourth-order valence-corrected chi connectivity index (χ4v) is 5.24. The van der Waals surface area contributed by atoms with E-state index in [1.54, 1.807) is 31.5 Å². The van der Waals surface area contributed by atoms with E-state index >= 15 is 0 Å². The molecule has 3 aromatic rings. The van der Waals surface area contributed by atoms with E-state index in [4.69, 9.17) is 20.8 Å². The van der Waals surface area contributed by atoms with Crippen molar-refractivity contribution in [1.82, 2.24) is 24.5 Å². The van der Waals surface area contributed by atoms with Crippen molar-refractivity contribution in [3.8, 4) is 17.2 Å². The number of hydrogen-bond acceptors (Lipinski definition) is 8. The van der Waals surface area contributed by atoms with Crippen LogP contribution in [0.15, 0.2) is 39.9 Å². The molecule has 0 N–H and O–H groups in total. The van der Waals surface area contributed by atoms with Crippen molar-refractivity contribution in [2.24, 2.45) is 0 Å². The normalized spacial score (nSPS) is 16.0. The Morgan fingerprint density at radius 1 is 1.17 bits per heavy atom. The quantitative estimate of drug-likeness (QED) is 0.584. The van der Waals surface area contributed by atoms with E-state index in [1.807, 2.05) is 0 Å². The van der Waals surface area contributed by atoms with Crippen molar-refractivity contribution in [2.75, 3.05) is 20.2 Å². The minimum atomic E-state index is -3.73. The van der Waals surface area contributed by atoms with E-state index in [0.29, 0.717) is 54.1 Å². The van der Waals surface area contributed by atoms with Crippen molar-refractivity contribution in [1.29, 1.82) is 0 Å². The molecule has 0 bridgehead atoms. The second-order valence-corrected chi connectivity index (χ2v) is 9.28. The number of methoxy groups -OCH3 is 1. The molecule has 1 aromatic carbocycles. The van der Waals surface area contributed by atoms with Crippen LogP contribution in [0.1, 0.15) is 30.5 Å². The van der Waals surface area contributed by atoms with Crippen LogP contribution >= 0.6 is 11.6 Å². The zero-order valence-corrected chi connectivity index (χ0v) is 18.0. The summed E-state index contributed by atoms with van der Waals surface area (Å²) in [5.74, 6) is 1.74. The van der Waals surface area contributed by atoms with Crippen LogP contribution in [0.5, 0.6) is 5.75 Å². The number of piperidine rings is 1. The smallest absolute Gasteiger partial charge is 0.250 e. The molecule has 9 nitrogen and oxygen atoms in total. The van der Waals surface area contributed by atoms with Crippen molar-refractivity contribution < 1.29 is 17.6 Å². The first-order valence-corrected chi connectivity index (χ1v) is 11.2. The molecule has 1 aliphatic rings. The van der Waals surface area contributed by atoms with E-state index in [-0.39, 0.29) is 16.6 Å². The molecule has 3 heterocycles. The highest BCUT2D eigenvalue weighted by Gasteiger charge is 2.34. The largest absolute Gasteiger partial charge is 0.495 e. The average molecular weight is 450 g/mol. The number of aryl methyl sites for hydroxylation is 1. The molecule has 0 saturated carbocycles. The van der Waals surface area contributed by atoms with Gasteiger partial charge in [0.25, 0.3) is 5.89 Å². The molecule has 0 spiro atoms. The van der Waals surface area contributed by atoms with Gasteiger partial charge in [0.1, 0.15) is 16.5 Å². The van der Waals surface area contributed by atoms with Crippen LogP contribution in [-0.2, 0) is 10.0 Å². The standard InChI is InChI=1S/C19H20ClN5O4S/c1-12-21-10-14(11-22-12)19-24-23-18(29-19)13-5-7-25(8-6-13)30(26,27)17-9-15(20)3-4-16(17)28-2/h3-4,9-11,13H,5-8H2,1-2H3. The predicted octanol–water partition coefficient (Wildman–Crippen LogP) is 3.07. The van der Waals surface area contributed by atoms with Crippen molar-refractivity contribution >= 4 is 21.6 Å². The van der Waals surface area contributed by atoms with Gasteiger partial charge in [-0.3, -0.25) is 0 Å². The molecule has 0 atom stereocenters. The summed E-state index contributed by atoms with van der Waals surface area (Å²) in [5, 5.41) is 8.56. The summed E-state index contributed by atoms with van der Waals surface area (Å²) in [5.41, 5.74) is 0.646. The van der Waals surface area contributed by atoms with Crippen LogP contribution in [0.3, 0.4) is 0 Å². The topological polar surface area (TPSA) is 111 Å². The Labute approximate surface area is 179 Å². The van der Waals surface area contributed by atoms with Gasteiger partial charge in [-0.1, -0.05) is 11.6 Å². The van der Waals surface area contributed by atoms with Crippen LogP contribution in [0.2, 0.25) is 5.02 Å². The number of nitrogens with zero attached hydrogens (tertiary/aromatic N) is 5. The monoisotopic (exact) mass is 449 g/mol. The van der Waals surface area contributed by atoms with Gasteiger partial charge in [0, 0.05) is 36.4 Å². The van der Waals surface area contributed by atoms with Crippen molar-refractivity contribution in [3.05, 3.63) is 47.3 Å². The van der Waals surface area contributed by atoms with Gasteiger partial charge in [0.15, 0.2) is 0 Å². The molecule has 4 rings (SSSR count). The molecule has 0 radical (unpaired) electrons. The van der Waals surface area contributed by atoms with Gasteiger partial charge in [-0.2, -0.15) is 4.31 Å². The summed E-state index contributed by atoms with van der Waals surface area (Å²) in [6, 6.07) is 4.56. The van der Waals surface area contributed by atoms with Crippen molar-refractivity contribution in [2.45, 2.75) is 30.6 Å². The summed E-state index contributed by atoms with van der Waals surface area (Å²) in [7, 11) is -2.30. The summed E-state index contributed by atoms with van der Waals surface area (Å²) in [4.78, 5) is 8.33. The molecule has 0 amide bonds. The lowest BCUT2D eigenvalue weighted by Gasteiger charge is -2.30. The molecular formula is C19H20ClN5O4S. The number of rotatable bonds is 5. The molecule has 0 aliphatic carbocycles. The molecule has 158 valence electrons. The van der Waals surface area contributed by atoms with Gasteiger partial charge in [-0.25, -0.2) is 18.4 Å². The lowest BCUT2D eigenvalue weighted by atomic mass is 9.98. The Kier molecular flexibility index (Phi) is 5.72. The lowest BCUT2D eigenvalue weighted by molar-refractivity contribution is 0.290. The lowest BCUT2D eigenvalue weighted by Crippen LogP contribution is -2.38. The summed E-state index contributed by atoms with van der Waals surface area (Å²) < 4.78 is 38.6. The minimum Gasteiger partial charge on any atom is -0.495 e. The van der Waals surface area contributed by atoms with Gasteiger partial charge in [-0.15, -0.1) is 10.2 Å². The zero-order valence-electron chi connectivity index (χ0n) is 16.4. The van der Waals surface area contributed by atoms with Gasteiger partial charge >= 0.3 is 0 Å². The molecule has 1 saturated heterocycles. The van der Waals surface area contributed by atoms with Crippen molar-refractivity contribution in [3.63, 3.8) is 0 Å². The first-order chi connectivity index (χ1) is 14.4. The van der Waals surface area contributed by atoms with Gasteiger partial charge < -0.3 is 9.15 Å². The third-order valence-electron chi connectivity index (χ3n) is 5.02. The summed E-state index contributed by atoms with van der Waals surface area (Å²) >= 11 is 6.01. The fourth-order valence-electron chi connectivity index (χ4n) is 3.35. The van der Waals surface area contributed by atoms with Crippen LogP contribution in [0, 0.1) is 6.92 Å². The van der Waals surface area contributed by atoms with Gasteiger partial charge in [0.05, 0.1) is 12.7 Å². The Balaban J connectivity index is 1.48. The average Bonchev–Trinajstić information content (AvgIpc) is 3.24. The molecule has 30 heavy (non-hydrogen) atoms. The second kappa shape index (κ2) is 8.29. The number of ether oxygens (including phenoxy) is 1. The first kappa shape index (κ1) is 20.7.